The predicted molar refractivity (Wildman–Crippen MR) is 50.7 cm³/mol. The molecule has 8 heteroatoms. The Morgan fingerprint density at radius 3 is 2.64 bits per heavy atom. The predicted octanol–water partition coefficient (Wildman–Crippen LogP) is -1.31. The SMILES string of the molecule is COC(=O)NS(=O)(=O)NC/C=C/CN. The highest BCUT2D eigenvalue weighted by molar-refractivity contribution is 7.88. The number of amides is 1. The molecule has 1 amide bonds. The fraction of sp³-hybridized carbons (Fsp3) is 0.500. The number of methoxy groups -OCH3 is 1. The Balaban J connectivity index is 3.96. The highest BCUT2D eigenvalue weighted by Gasteiger charge is 2.12. The second-order valence-corrected chi connectivity index (χ2v) is 3.65. The van der Waals surface area contributed by atoms with Crippen LogP contribution >= 0.6 is 0 Å². The van der Waals surface area contributed by atoms with Gasteiger partial charge in [-0.25, -0.2) is 9.52 Å². The molecule has 0 aliphatic rings. The highest BCUT2D eigenvalue weighted by Crippen LogP contribution is 1.80. The minimum absolute atomic E-state index is 0.0591. The molecule has 0 bridgehead atoms. The minimum Gasteiger partial charge on any atom is -0.452 e. The molecule has 0 aromatic heterocycles. The van der Waals surface area contributed by atoms with E-state index in [1.807, 2.05) is 0 Å². The fourth-order valence-electron chi connectivity index (χ4n) is 0.525. The van der Waals surface area contributed by atoms with Crippen molar-refractivity contribution >= 4 is 16.3 Å². The average molecular weight is 223 g/mol. The van der Waals surface area contributed by atoms with Gasteiger partial charge in [-0.1, -0.05) is 12.2 Å². The lowest BCUT2D eigenvalue weighted by Gasteiger charge is -2.04. The topological polar surface area (TPSA) is 111 Å². The Morgan fingerprint density at radius 1 is 1.50 bits per heavy atom. The van der Waals surface area contributed by atoms with E-state index in [9.17, 15) is 13.2 Å². The van der Waals surface area contributed by atoms with E-state index in [2.05, 4.69) is 9.46 Å². The Labute approximate surface area is 82.5 Å². The van der Waals surface area contributed by atoms with Gasteiger partial charge in [0.1, 0.15) is 0 Å². The Morgan fingerprint density at radius 2 is 2.14 bits per heavy atom. The molecule has 0 aromatic rings. The van der Waals surface area contributed by atoms with E-state index in [1.54, 1.807) is 10.8 Å². The lowest BCUT2D eigenvalue weighted by molar-refractivity contribution is 0.177. The van der Waals surface area contributed by atoms with Gasteiger partial charge in [-0.3, -0.25) is 0 Å². The molecule has 82 valence electrons. The van der Waals surface area contributed by atoms with Crippen LogP contribution in [0.3, 0.4) is 0 Å². The molecule has 0 aliphatic carbocycles. The molecular formula is C6H13N3O4S. The third-order valence-electron chi connectivity index (χ3n) is 1.10. The third-order valence-corrected chi connectivity index (χ3v) is 2.08. The number of nitrogens with two attached hydrogens (primary N) is 1. The summed E-state index contributed by atoms with van der Waals surface area (Å²) in [5.41, 5.74) is 5.13. The Kier molecular flexibility index (Phi) is 5.84. The highest BCUT2D eigenvalue weighted by atomic mass is 32.2. The first kappa shape index (κ1) is 12.9. The molecule has 0 saturated heterocycles. The molecule has 0 heterocycles. The first-order valence-electron chi connectivity index (χ1n) is 3.72. The Bertz CT molecular complexity index is 298. The van der Waals surface area contributed by atoms with Crippen molar-refractivity contribution in [2.45, 2.75) is 0 Å². The maximum Gasteiger partial charge on any atom is 0.421 e. The van der Waals surface area contributed by atoms with Crippen molar-refractivity contribution < 1.29 is 17.9 Å². The van der Waals surface area contributed by atoms with Gasteiger partial charge in [0.15, 0.2) is 0 Å². The zero-order valence-electron chi connectivity index (χ0n) is 7.69. The van der Waals surface area contributed by atoms with E-state index in [-0.39, 0.29) is 6.54 Å². The fourth-order valence-corrected chi connectivity index (χ4v) is 1.22. The summed E-state index contributed by atoms with van der Waals surface area (Å²) < 4.78 is 29.8. The van der Waals surface area contributed by atoms with Crippen LogP contribution in [0.15, 0.2) is 12.2 Å². The number of rotatable bonds is 5. The summed E-state index contributed by atoms with van der Waals surface area (Å²) in [6, 6.07) is 0. The van der Waals surface area contributed by atoms with E-state index < -0.39 is 16.3 Å². The summed E-state index contributed by atoms with van der Waals surface area (Å²) in [7, 11) is -2.77. The summed E-state index contributed by atoms with van der Waals surface area (Å²) in [4.78, 5) is 10.5. The van der Waals surface area contributed by atoms with Crippen molar-refractivity contribution in [1.29, 1.82) is 0 Å². The number of hydrogen-bond acceptors (Lipinski definition) is 5. The van der Waals surface area contributed by atoms with Gasteiger partial charge in [0, 0.05) is 13.1 Å². The number of carbonyl (C=O) groups excluding carboxylic acids is 1. The van der Waals surface area contributed by atoms with Crippen LogP contribution in [-0.2, 0) is 14.9 Å². The Hall–Kier alpha value is -1.12. The van der Waals surface area contributed by atoms with Crippen molar-refractivity contribution in [3.63, 3.8) is 0 Å². The lowest BCUT2D eigenvalue weighted by atomic mass is 10.5. The number of ether oxygens (including phenoxy) is 1. The number of nitrogens with one attached hydrogen (secondary N) is 2. The standard InChI is InChI=1S/C6H13N3O4S/c1-13-6(10)9-14(11,12)8-5-3-2-4-7/h2-3,8H,4-5,7H2,1H3,(H,9,10)/b3-2+. The maximum absolute atomic E-state index is 11.0. The molecule has 0 aliphatic heterocycles. The van der Waals surface area contributed by atoms with E-state index in [0.29, 0.717) is 6.54 Å². The molecule has 14 heavy (non-hydrogen) atoms. The molecule has 0 rings (SSSR count). The van der Waals surface area contributed by atoms with E-state index in [1.165, 1.54) is 6.08 Å². The quantitative estimate of drug-likeness (QED) is 0.501. The van der Waals surface area contributed by atoms with Crippen LogP contribution in [0.25, 0.3) is 0 Å². The van der Waals surface area contributed by atoms with E-state index in [0.717, 1.165) is 7.11 Å². The lowest BCUT2D eigenvalue weighted by Crippen LogP contribution is -2.40. The van der Waals surface area contributed by atoms with Crippen LogP contribution in [-0.4, -0.2) is 34.7 Å². The molecular weight excluding hydrogens is 210 g/mol. The van der Waals surface area contributed by atoms with Gasteiger partial charge < -0.3 is 10.5 Å². The maximum atomic E-state index is 11.0. The zero-order valence-corrected chi connectivity index (χ0v) is 8.50. The molecule has 0 saturated carbocycles. The molecule has 0 fully saturated rings. The van der Waals surface area contributed by atoms with Gasteiger partial charge in [-0.05, 0) is 0 Å². The monoisotopic (exact) mass is 223 g/mol. The van der Waals surface area contributed by atoms with E-state index >= 15 is 0 Å². The second-order valence-electron chi connectivity index (χ2n) is 2.15. The van der Waals surface area contributed by atoms with Crippen molar-refractivity contribution in [3.8, 4) is 0 Å². The summed E-state index contributed by atoms with van der Waals surface area (Å²) in [6.45, 7) is 0.385. The first-order chi connectivity index (χ1) is 6.52. The largest absolute Gasteiger partial charge is 0.452 e. The molecule has 4 N–H and O–H groups in total. The summed E-state index contributed by atoms with van der Waals surface area (Å²) in [6.07, 6.45) is 2.07. The van der Waals surface area contributed by atoms with Crippen LogP contribution in [0.5, 0.6) is 0 Å². The van der Waals surface area contributed by atoms with Crippen molar-refractivity contribution in [2.75, 3.05) is 20.2 Å². The summed E-state index contributed by atoms with van der Waals surface area (Å²) in [5.74, 6) is 0. The molecule has 0 spiro atoms. The molecule has 0 atom stereocenters. The molecule has 0 radical (unpaired) electrons. The van der Waals surface area contributed by atoms with Crippen LogP contribution in [0, 0.1) is 0 Å². The van der Waals surface area contributed by atoms with Crippen LogP contribution in [0.1, 0.15) is 0 Å². The molecule has 0 aromatic carbocycles. The number of carbonyl (C=O) groups is 1. The van der Waals surface area contributed by atoms with Gasteiger partial charge in [0.05, 0.1) is 7.11 Å². The summed E-state index contributed by atoms with van der Waals surface area (Å²) >= 11 is 0. The second kappa shape index (κ2) is 6.35. The van der Waals surface area contributed by atoms with Crippen LogP contribution in [0.2, 0.25) is 0 Å². The van der Waals surface area contributed by atoms with Crippen LogP contribution in [0.4, 0.5) is 4.79 Å². The van der Waals surface area contributed by atoms with Crippen LogP contribution < -0.4 is 15.2 Å². The zero-order chi connectivity index (χ0) is 11.0. The van der Waals surface area contributed by atoms with Crippen molar-refractivity contribution in [3.05, 3.63) is 12.2 Å². The van der Waals surface area contributed by atoms with Crippen molar-refractivity contribution in [2.24, 2.45) is 5.73 Å². The van der Waals surface area contributed by atoms with Gasteiger partial charge in [0.2, 0.25) is 0 Å². The molecule has 0 unspecified atom stereocenters. The number of hydrogen-bond donors (Lipinski definition) is 3. The van der Waals surface area contributed by atoms with Gasteiger partial charge in [-0.2, -0.15) is 13.1 Å². The summed E-state index contributed by atoms with van der Waals surface area (Å²) in [5, 5.41) is 0. The van der Waals surface area contributed by atoms with E-state index in [4.69, 9.17) is 5.73 Å². The smallest absolute Gasteiger partial charge is 0.421 e. The molecule has 7 nitrogen and oxygen atoms in total. The van der Waals surface area contributed by atoms with Gasteiger partial charge in [-0.15, -0.1) is 0 Å². The van der Waals surface area contributed by atoms with Gasteiger partial charge >= 0.3 is 16.3 Å². The first-order valence-corrected chi connectivity index (χ1v) is 5.20. The van der Waals surface area contributed by atoms with Gasteiger partial charge in [0.25, 0.3) is 0 Å². The normalized spacial score (nSPS) is 11.6. The third kappa shape index (κ3) is 6.40. The minimum atomic E-state index is -3.84. The van der Waals surface area contributed by atoms with Crippen molar-refractivity contribution in [1.82, 2.24) is 9.44 Å². The average Bonchev–Trinajstić information content (AvgIpc) is 2.12.